The average Bonchev–Trinajstić information content (AvgIpc) is 3.48. The standard InChI is InChI=1S/C31H31O2S/c1-31(2,20-19-26-22-23-13-14-25(26)21-23)33-30(32)24-15-17-29(18-16-24)34(27-9-5-3-6-10-27)28-11-7-4-8-12-28/h3-12,15-18,23,25-26H,13-14,21-22H2,1-2H3/q+1. The normalized spacial score (nSPS) is 21.2. The molecule has 0 aliphatic heterocycles. The fourth-order valence-electron chi connectivity index (χ4n) is 5.25. The van der Waals surface area contributed by atoms with Crippen molar-refractivity contribution in [2.75, 3.05) is 0 Å². The zero-order chi connectivity index (χ0) is 23.5. The van der Waals surface area contributed by atoms with Crippen molar-refractivity contribution >= 4 is 16.9 Å². The SMILES string of the molecule is CC(C)(C#CC1CC2CCC1C2)OC(=O)c1ccc([S+](c2ccccc2)c2ccccc2)cc1. The predicted octanol–water partition coefficient (Wildman–Crippen LogP) is 7.16. The molecule has 2 aliphatic rings. The second kappa shape index (κ2) is 9.72. The first-order chi connectivity index (χ1) is 16.5. The lowest BCUT2D eigenvalue weighted by molar-refractivity contribution is 0.0203. The molecule has 2 nitrogen and oxygen atoms in total. The van der Waals surface area contributed by atoms with Crippen LogP contribution >= 0.6 is 0 Å². The topological polar surface area (TPSA) is 26.3 Å². The summed E-state index contributed by atoms with van der Waals surface area (Å²) in [5.74, 6) is 8.48. The van der Waals surface area contributed by atoms with E-state index in [0.29, 0.717) is 11.5 Å². The molecule has 0 spiro atoms. The first-order valence-corrected chi connectivity index (χ1v) is 13.4. The molecule has 34 heavy (non-hydrogen) atoms. The molecule has 0 aromatic heterocycles. The van der Waals surface area contributed by atoms with Crippen LogP contribution in [0.2, 0.25) is 0 Å². The molecule has 3 aromatic rings. The van der Waals surface area contributed by atoms with Crippen LogP contribution < -0.4 is 0 Å². The maximum Gasteiger partial charge on any atom is 0.339 e. The smallest absolute Gasteiger partial charge is 0.339 e. The van der Waals surface area contributed by atoms with Crippen molar-refractivity contribution in [1.29, 1.82) is 0 Å². The molecule has 3 unspecified atom stereocenters. The molecule has 0 saturated heterocycles. The van der Waals surface area contributed by atoms with E-state index in [-0.39, 0.29) is 16.9 Å². The second-order valence-corrected chi connectivity index (χ2v) is 11.9. The zero-order valence-corrected chi connectivity index (χ0v) is 20.7. The minimum Gasteiger partial charge on any atom is -0.443 e. The number of hydrogen-bond acceptors (Lipinski definition) is 2. The van der Waals surface area contributed by atoms with E-state index in [0.717, 1.165) is 11.8 Å². The number of rotatable bonds is 5. The van der Waals surface area contributed by atoms with Crippen molar-refractivity contribution in [2.45, 2.75) is 59.8 Å². The molecular formula is C31H31O2S+. The Labute approximate surface area is 206 Å². The van der Waals surface area contributed by atoms with E-state index in [1.54, 1.807) is 0 Å². The van der Waals surface area contributed by atoms with Crippen LogP contribution in [0.3, 0.4) is 0 Å². The molecule has 2 fully saturated rings. The lowest BCUT2D eigenvalue weighted by atomic mass is 9.89. The van der Waals surface area contributed by atoms with E-state index in [2.05, 4.69) is 60.4 Å². The second-order valence-electron chi connectivity index (χ2n) is 9.91. The summed E-state index contributed by atoms with van der Waals surface area (Å²) in [6.45, 7) is 3.78. The van der Waals surface area contributed by atoms with Crippen LogP contribution in [0.4, 0.5) is 0 Å². The Hall–Kier alpha value is -2.96. The van der Waals surface area contributed by atoms with Gasteiger partial charge in [0.25, 0.3) is 0 Å². The van der Waals surface area contributed by atoms with Gasteiger partial charge in [0, 0.05) is 5.92 Å². The Morgan fingerprint density at radius 2 is 1.41 bits per heavy atom. The first-order valence-electron chi connectivity index (χ1n) is 12.2. The van der Waals surface area contributed by atoms with Gasteiger partial charge in [-0.2, -0.15) is 0 Å². The van der Waals surface area contributed by atoms with Gasteiger partial charge in [0.2, 0.25) is 0 Å². The minimum atomic E-state index is -0.796. The third-order valence-corrected chi connectivity index (χ3v) is 9.16. The van der Waals surface area contributed by atoms with Crippen LogP contribution in [0.25, 0.3) is 0 Å². The average molecular weight is 468 g/mol. The monoisotopic (exact) mass is 467 g/mol. The number of benzene rings is 3. The summed E-state index contributed by atoms with van der Waals surface area (Å²) in [4.78, 5) is 16.6. The molecular weight excluding hydrogens is 436 g/mol. The number of ether oxygens (including phenoxy) is 1. The molecule has 2 aliphatic carbocycles. The summed E-state index contributed by atoms with van der Waals surface area (Å²) in [7, 11) is -0.235. The van der Waals surface area contributed by atoms with Crippen LogP contribution in [0, 0.1) is 29.6 Å². The molecule has 3 heteroatoms. The van der Waals surface area contributed by atoms with Gasteiger partial charge in [0.05, 0.1) is 16.5 Å². The van der Waals surface area contributed by atoms with Crippen molar-refractivity contribution < 1.29 is 9.53 Å². The lowest BCUT2D eigenvalue weighted by Gasteiger charge is -2.20. The predicted molar refractivity (Wildman–Crippen MR) is 138 cm³/mol. The Morgan fingerprint density at radius 1 is 0.824 bits per heavy atom. The third kappa shape index (κ3) is 5.08. The molecule has 0 heterocycles. The van der Waals surface area contributed by atoms with E-state index in [1.807, 2.05) is 50.2 Å². The summed E-state index contributed by atoms with van der Waals surface area (Å²) in [6.07, 6.45) is 5.23. The van der Waals surface area contributed by atoms with Gasteiger partial charge in [0.1, 0.15) is 0 Å². The zero-order valence-electron chi connectivity index (χ0n) is 19.9. The van der Waals surface area contributed by atoms with E-state index in [4.69, 9.17) is 4.74 Å². The van der Waals surface area contributed by atoms with Crippen LogP contribution in [-0.4, -0.2) is 11.6 Å². The van der Waals surface area contributed by atoms with E-state index < -0.39 is 5.60 Å². The van der Waals surface area contributed by atoms with E-state index >= 15 is 0 Å². The largest absolute Gasteiger partial charge is 0.443 e. The number of esters is 1. The van der Waals surface area contributed by atoms with Gasteiger partial charge >= 0.3 is 5.97 Å². The van der Waals surface area contributed by atoms with Gasteiger partial charge in [-0.1, -0.05) is 54.7 Å². The Balaban J connectivity index is 1.31. The van der Waals surface area contributed by atoms with Crippen molar-refractivity contribution in [3.05, 3.63) is 90.5 Å². The first kappa shape index (κ1) is 22.8. The molecule has 2 bridgehead atoms. The molecule has 0 radical (unpaired) electrons. The Kier molecular flexibility index (Phi) is 6.53. The minimum absolute atomic E-state index is 0.235. The van der Waals surface area contributed by atoms with Gasteiger partial charge in [-0.15, -0.1) is 0 Å². The Bertz CT molecular complexity index is 1150. The molecule has 5 rings (SSSR count). The highest BCUT2D eigenvalue weighted by atomic mass is 32.2. The highest BCUT2D eigenvalue weighted by molar-refractivity contribution is 7.97. The van der Waals surface area contributed by atoms with E-state index in [1.165, 1.54) is 40.4 Å². The maximum atomic E-state index is 12.9. The highest BCUT2D eigenvalue weighted by Gasteiger charge is 2.38. The van der Waals surface area contributed by atoms with Gasteiger partial charge < -0.3 is 4.74 Å². The van der Waals surface area contributed by atoms with Crippen molar-refractivity contribution in [3.8, 4) is 11.8 Å². The van der Waals surface area contributed by atoms with Crippen LogP contribution in [0.5, 0.6) is 0 Å². The van der Waals surface area contributed by atoms with Gasteiger partial charge in [-0.25, -0.2) is 4.79 Å². The number of carbonyl (C=O) groups excluding carboxylic acids is 1. The number of hydrogen-bond donors (Lipinski definition) is 0. The van der Waals surface area contributed by atoms with Crippen LogP contribution in [0.1, 0.15) is 49.9 Å². The molecule has 3 atom stereocenters. The fourth-order valence-corrected chi connectivity index (χ4v) is 7.34. The summed E-state index contributed by atoms with van der Waals surface area (Å²) < 4.78 is 5.82. The Morgan fingerprint density at radius 3 is 1.94 bits per heavy atom. The van der Waals surface area contributed by atoms with Crippen molar-refractivity contribution in [3.63, 3.8) is 0 Å². The summed E-state index contributed by atoms with van der Waals surface area (Å²) in [5.41, 5.74) is -0.237. The van der Waals surface area contributed by atoms with Gasteiger partial charge in [-0.05, 0) is 93.5 Å². The lowest BCUT2D eigenvalue weighted by Crippen LogP contribution is -2.26. The van der Waals surface area contributed by atoms with Crippen LogP contribution in [-0.2, 0) is 15.6 Å². The summed E-state index contributed by atoms with van der Waals surface area (Å²) in [6, 6.07) is 28.9. The van der Waals surface area contributed by atoms with Crippen LogP contribution in [0.15, 0.2) is 99.6 Å². The fraction of sp³-hybridized carbons (Fsp3) is 0.323. The molecule has 3 aromatic carbocycles. The number of fused-ring (bicyclic) bond motifs is 2. The van der Waals surface area contributed by atoms with Gasteiger partial charge in [0.15, 0.2) is 20.3 Å². The van der Waals surface area contributed by atoms with Crippen molar-refractivity contribution in [2.24, 2.45) is 17.8 Å². The van der Waals surface area contributed by atoms with Crippen molar-refractivity contribution in [1.82, 2.24) is 0 Å². The third-order valence-electron chi connectivity index (χ3n) is 6.93. The maximum absolute atomic E-state index is 12.9. The quantitative estimate of drug-likeness (QED) is 0.226. The number of carbonyl (C=O) groups is 1. The highest BCUT2D eigenvalue weighted by Crippen LogP contribution is 2.48. The molecule has 0 amide bonds. The van der Waals surface area contributed by atoms with E-state index in [9.17, 15) is 4.79 Å². The summed E-state index contributed by atoms with van der Waals surface area (Å²) in [5, 5.41) is 0. The summed E-state index contributed by atoms with van der Waals surface area (Å²) >= 11 is 0. The van der Waals surface area contributed by atoms with Gasteiger partial charge in [-0.3, -0.25) is 0 Å². The molecule has 172 valence electrons. The molecule has 0 N–H and O–H groups in total. The molecule has 2 saturated carbocycles.